The van der Waals surface area contributed by atoms with E-state index >= 15 is 0 Å². The first kappa shape index (κ1) is 18.7. The van der Waals surface area contributed by atoms with Crippen molar-refractivity contribution in [1.82, 2.24) is 9.80 Å². The molecular weight excluding hydrogens is 342 g/mol. The van der Waals surface area contributed by atoms with Crippen LogP contribution in [0.2, 0.25) is 0 Å². The first-order chi connectivity index (χ1) is 12.6. The Morgan fingerprint density at radius 2 is 1.81 bits per heavy atom. The maximum atomic E-state index is 5.64. The molecule has 0 radical (unpaired) electrons. The zero-order valence-corrected chi connectivity index (χ0v) is 16.6. The molecule has 3 rings (SSSR count). The fourth-order valence-corrected chi connectivity index (χ4v) is 3.54. The standard InChI is InChI=1S/C21H27N3OS/c1-16-8-9-20(25-3)19(14-16)22-21(26)24-12-10-23(11-13-24)15-18-7-5-4-6-17(18)2/h4-9,14H,10-13,15H2,1-3H3,(H,22,26). The highest BCUT2D eigenvalue weighted by Crippen LogP contribution is 2.25. The number of piperazine rings is 1. The van der Waals surface area contributed by atoms with Crippen LogP contribution in [0.15, 0.2) is 42.5 Å². The minimum absolute atomic E-state index is 0.768. The average Bonchev–Trinajstić information content (AvgIpc) is 2.64. The largest absolute Gasteiger partial charge is 0.495 e. The fourth-order valence-electron chi connectivity index (χ4n) is 3.25. The lowest BCUT2D eigenvalue weighted by molar-refractivity contribution is 0.176. The normalized spacial score (nSPS) is 15.0. The summed E-state index contributed by atoms with van der Waals surface area (Å²) in [5.41, 5.74) is 4.88. The Hall–Kier alpha value is -2.11. The van der Waals surface area contributed by atoms with Crippen molar-refractivity contribution in [3.8, 4) is 5.75 Å². The number of nitrogens with one attached hydrogen (secondary N) is 1. The minimum atomic E-state index is 0.768. The highest BCUT2D eigenvalue weighted by Gasteiger charge is 2.20. The lowest BCUT2D eigenvalue weighted by Gasteiger charge is -2.36. The van der Waals surface area contributed by atoms with Crippen molar-refractivity contribution in [2.75, 3.05) is 38.6 Å². The summed E-state index contributed by atoms with van der Waals surface area (Å²) in [6.07, 6.45) is 0. The van der Waals surface area contributed by atoms with Gasteiger partial charge < -0.3 is 15.0 Å². The van der Waals surface area contributed by atoms with E-state index in [0.717, 1.165) is 49.3 Å². The quantitative estimate of drug-likeness (QED) is 0.827. The second-order valence-electron chi connectivity index (χ2n) is 6.82. The van der Waals surface area contributed by atoms with Gasteiger partial charge in [-0.25, -0.2) is 0 Å². The molecule has 0 aromatic heterocycles. The zero-order valence-electron chi connectivity index (χ0n) is 15.8. The van der Waals surface area contributed by atoms with Crippen LogP contribution in [0.1, 0.15) is 16.7 Å². The van der Waals surface area contributed by atoms with E-state index in [1.807, 2.05) is 12.1 Å². The van der Waals surface area contributed by atoms with Crippen molar-refractivity contribution >= 4 is 23.0 Å². The van der Waals surface area contributed by atoms with E-state index in [4.69, 9.17) is 17.0 Å². The molecule has 1 N–H and O–H groups in total. The van der Waals surface area contributed by atoms with Gasteiger partial charge in [-0.05, 0) is 54.9 Å². The molecule has 1 fully saturated rings. The van der Waals surface area contributed by atoms with Crippen LogP contribution in [-0.4, -0.2) is 48.2 Å². The minimum Gasteiger partial charge on any atom is -0.495 e. The van der Waals surface area contributed by atoms with E-state index in [1.165, 1.54) is 16.7 Å². The molecule has 0 unspecified atom stereocenters. The molecule has 0 aliphatic carbocycles. The van der Waals surface area contributed by atoms with Gasteiger partial charge in [0.05, 0.1) is 12.8 Å². The van der Waals surface area contributed by atoms with Gasteiger partial charge >= 0.3 is 0 Å². The van der Waals surface area contributed by atoms with Crippen LogP contribution in [0.4, 0.5) is 5.69 Å². The number of aryl methyl sites for hydroxylation is 2. The second kappa shape index (κ2) is 8.52. The van der Waals surface area contributed by atoms with E-state index in [2.05, 4.69) is 59.3 Å². The first-order valence-electron chi connectivity index (χ1n) is 9.04. The molecule has 2 aromatic carbocycles. The fraction of sp³-hybridized carbons (Fsp3) is 0.381. The molecule has 2 aromatic rings. The van der Waals surface area contributed by atoms with Crippen molar-refractivity contribution < 1.29 is 4.74 Å². The highest BCUT2D eigenvalue weighted by atomic mass is 32.1. The number of rotatable bonds is 4. The van der Waals surface area contributed by atoms with Gasteiger partial charge in [-0.15, -0.1) is 0 Å². The van der Waals surface area contributed by atoms with Gasteiger partial charge in [-0.1, -0.05) is 30.3 Å². The summed E-state index contributed by atoms with van der Waals surface area (Å²) in [5.74, 6) is 0.816. The van der Waals surface area contributed by atoms with E-state index in [-0.39, 0.29) is 0 Å². The van der Waals surface area contributed by atoms with Gasteiger partial charge in [0, 0.05) is 32.7 Å². The third kappa shape index (κ3) is 4.54. The Labute approximate surface area is 161 Å². The summed E-state index contributed by atoms with van der Waals surface area (Å²) in [5, 5.41) is 4.13. The Morgan fingerprint density at radius 1 is 1.08 bits per heavy atom. The van der Waals surface area contributed by atoms with E-state index in [1.54, 1.807) is 7.11 Å². The van der Waals surface area contributed by atoms with Crippen LogP contribution in [0.3, 0.4) is 0 Å². The molecule has 26 heavy (non-hydrogen) atoms. The summed E-state index contributed by atoms with van der Waals surface area (Å²) >= 11 is 5.64. The molecule has 138 valence electrons. The average molecular weight is 370 g/mol. The zero-order chi connectivity index (χ0) is 18.5. The molecule has 0 spiro atoms. The van der Waals surface area contributed by atoms with Crippen LogP contribution in [0.5, 0.6) is 5.75 Å². The SMILES string of the molecule is COc1ccc(C)cc1NC(=S)N1CCN(Cc2ccccc2C)CC1. The number of benzene rings is 2. The molecule has 5 heteroatoms. The maximum Gasteiger partial charge on any atom is 0.173 e. The summed E-state index contributed by atoms with van der Waals surface area (Å²) in [6, 6.07) is 14.7. The number of nitrogens with zero attached hydrogens (tertiary/aromatic N) is 2. The van der Waals surface area contributed by atoms with Gasteiger partial charge in [0.2, 0.25) is 0 Å². The third-order valence-electron chi connectivity index (χ3n) is 4.91. The molecule has 1 aliphatic heterocycles. The lowest BCUT2D eigenvalue weighted by atomic mass is 10.1. The van der Waals surface area contributed by atoms with Gasteiger partial charge in [0.15, 0.2) is 5.11 Å². The number of hydrogen-bond acceptors (Lipinski definition) is 3. The summed E-state index contributed by atoms with van der Waals surface area (Å²) < 4.78 is 5.43. The highest BCUT2D eigenvalue weighted by molar-refractivity contribution is 7.80. The number of ether oxygens (including phenoxy) is 1. The van der Waals surface area contributed by atoms with E-state index in [9.17, 15) is 0 Å². The summed E-state index contributed by atoms with van der Waals surface area (Å²) in [4.78, 5) is 4.74. The molecule has 0 amide bonds. The summed E-state index contributed by atoms with van der Waals surface area (Å²) in [6.45, 7) is 9.16. The van der Waals surface area contributed by atoms with Gasteiger partial charge in [-0.2, -0.15) is 0 Å². The smallest absolute Gasteiger partial charge is 0.173 e. The molecule has 1 saturated heterocycles. The van der Waals surface area contributed by atoms with Gasteiger partial charge in [0.25, 0.3) is 0 Å². The van der Waals surface area contributed by atoms with Crippen molar-refractivity contribution in [3.63, 3.8) is 0 Å². The number of methoxy groups -OCH3 is 1. The topological polar surface area (TPSA) is 27.7 Å². The molecular formula is C21H27N3OS. The predicted molar refractivity (Wildman–Crippen MR) is 112 cm³/mol. The van der Waals surface area contributed by atoms with Crippen molar-refractivity contribution in [3.05, 3.63) is 59.2 Å². The lowest BCUT2D eigenvalue weighted by Crippen LogP contribution is -2.49. The van der Waals surface area contributed by atoms with Crippen LogP contribution in [-0.2, 0) is 6.54 Å². The number of hydrogen-bond donors (Lipinski definition) is 1. The molecule has 0 bridgehead atoms. The Kier molecular flexibility index (Phi) is 6.12. The number of thiocarbonyl (C=S) groups is 1. The Morgan fingerprint density at radius 3 is 2.50 bits per heavy atom. The van der Waals surface area contributed by atoms with E-state index < -0.39 is 0 Å². The molecule has 0 atom stereocenters. The summed E-state index contributed by atoms with van der Waals surface area (Å²) in [7, 11) is 1.68. The van der Waals surface area contributed by atoms with Gasteiger partial charge in [-0.3, -0.25) is 4.90 Å². The van der Waals surface area contributed by atoms with Crippen molar-refractivity contribution in [2.45, 2.75) is 20.4 Å². The second-order valence-corrected chi connectivity index (χ2v) is 7.21. The molecule has 4 nitrogen and oxygen atoms in total. The first-order valence-corrected chi connectivity index (χ1v) is 9.45. The molecule has 1 aliphatic rings. The van der Waals surface area contributed by atoms with Crippen LogP contribution in [0.25, 0.3) is 0 Å². The Bertz CT molecular complexity index is 770. The maximum absolute atomic E-state index is 5.64. The van der Waals surface area contributed by atoms with Crippen molar-refractivity contribution in [2.24, 2.45) is 0 Å². The van der Waals surface area contributed by atoms with Gasteiger partial charge in [0.1, 0.15) is 5.75 Å². The Balaban J connectivity index is 1.55. The van der Waals surface area contributed by atoms with E-state index in [0.29, 0.717) is 0 Å². The molecule has 0 saturated carbocycles. The van der Waals surface area contributed by atoms with Crippen molar-refractivity contribution in [1.29, 1.82) is 0 Å². The molecule has 1 heterocycles. The van der Waals surface area contributed by atoms with Crippen LogP contribution in [0, 0.1) is 13.8 Å². The number of anilines is 1. The predicted octanol–water partition coefficient (Wildman–Crippen LogP) is 3.83. The third-order valence-corrected chi connectivity index (χ3v) is 5.27. The van der Waals surface area contributed by atoms with Crippen LogP contribution >= 0.6 is 12.2 Å². The van der Waals surface area contributed by atoms with Crippen LogP contribution < -0.4 is 10.1 Å². The monoisotopic (exact) mass is 369 g/mol.